The van der Waals surface area contributed by atoms with Crippen LogP contribution in [0.3, 0.4) is 0 Å². The van der Waals surface area contributed by atoms with Crippen molar-refractivity contribution in [1.29, 1.82) is 0 Å². The van der Waals surface area contributed by atoms with E-state index in [1.165, 1.54) is 0 Å². The lowest BCUT2D eigenvalue weighted by molar-refractivity contribution is 0.340. The highest BCUT2D eigenvalue weighted by Crippen LogP contribution is 2.32. The molecule has 0 spiro atoms. The van der Waals surface area contributed by atoms with Crippen LogP contribution in [0.15, 0.2) is 67.1 Å². The summed E-state index contributed by atoms with van der Waals surface area (Å²) in [5, 5.41) is 3.41. The van der Waals surface area contributed by atoms with Crippen LogP contribution in [-0.4, -0.2) is 37.8 Å². The Kier molecular flexibility index (Phi) is 5.63. The normalized spacial score (nSPS) is 11.1. The first-order valence-electron chi connectivity index (χ1n) is 11.1. The zero-order chi connectivity index (χ0) is 23.7. The van der Waals surface area contributed by atoms with E-state index in [2.05, 4.69) is 25.9 Å². The molecule has 0 atom stereocenters. The average molecular weight is 455 g/mol. The van der Waals surface area contributed by atoms with Crippen molar-refractivity contribution in [3.63, 3.8) is 0 Å². The minimum absolute atomic E-state index is 0.504. The Morgan fingerprint density at radius 1 is 1.03 bits per heavy atom. The minimum Gasteiger partial charge on any atom is -0.494 e. The van der Waals surface area contributed by atoms with Gasteiger partial charge < -0.3 is 23.9 Å². The van der Waals surface area contributed by atoms with E-state index in [0.717, 1.165) is 45.2 Å². The van der Waals surface area contributed by atoms with Gasteiger partial charge in [-0.2, -0.15) is 4.98 Å². The summed E-state index contributed by atoms with van der Waals surface area (Å²) in [6, 6.07) is 17.9. The molecule has 0 unspecified atom stereocenters. The number of hydrogen-bond acceptors (Lipinski definition) is 6. The third-order valence-electron chi connectivity index (χ3n) is 5.60. The Bertz CT molecular complexity index is 1470. The Morgan fingerprint density at radius 2 is 1.88 bits per heavy atom. The van der Waals surface area contributed by atoms with Crippen LogP contribution in [0.1, 0.15) is 12.6 Å². The van der Waals surface area contributed by atoms with Crippen molar-refractivity contribution < 1.29 is 9.47 Å². The molecule has 0 amide bonds. The van der Waals surface area contributed by atoms with Crippen molar-refractivity contribution in [2.45, 2.75) is 13.8 Å². The van der Waals surface area contributed by atoms with Crippen LogP contribution in [0, 0.1) is 6.92 Å². The number of rotatable bonds is 7. The van der Waals surface area contributed by atoms with Crippen molar-refractivity contribution in [3.05, 3.63) is 72.8 Å². The number of hydrogen-bond donors (Lipinski definition) is 1. The second kappa shape index (κ2) is 8.90. The molecule has 8 nitrogen and oxygen atoms in total. The molecule has 0 radical (unpaired) electrons. The Balaban J connectivity index is 1.51. The molecule has 0 saturated carbocycles. The molecule has 5 aromatic rings. The van der Waals surface area contributed by atoms with Crippen molar-refractivity contribution in [2.24, 2.45) is 7.05 Å². The Hall–Kier alpha value is -4.33. The van der Waals surface area contributed by atoms with E-state index in [0.29, 0.717) is 18.3 Å². The number of anilines is 2. The number of imidazole rings is 2. The number of pyridine rings is 1. The molecule has 0 aliphatic heterocycles. The number of ether oxygens (including phenoxy) is 2. The predicted molar refractivity (Wildman–Crippen MR) is 133 cm³/mol. The van der Waals surface area contributed by atoms with Gasteiger partial charge in [-0.1, -0.05) is 18.2 Å². The highest BCUT2D eigenvalue weighted by Gasteiger charge is 2.15. The first-order valence-corrected chi connectivity index (χ1v) is 11.1. The van der Waals surface area contributed by atoms with Crippen LogP contribution in [0.5, 0.6) is 11.6 Å². The van der Waals surface area contributed by atoms with Gasteiger partial charge in [0.05, 0.1) is 36.9 Å². The van der Waals surface area contributed by atoms with Crippen molar-refractivity contribution in [2.75, 3.05) is 19.0 Å². The van der Waals surface area contributed by atoms with E-state index in [4.69, 9.17) is 14.5 Å². The minimum atomic E-state index is 0.504. The molecule has 0 aliphatic carbocycles. The number of benzene rings is 2. The van der Waals surface area contributed by atoms with E-state index in [9.17, 15) is 0 Å². The Morgan fingerprint density at radius 3 is 2.65 bits per heavy atom. The number of aryl methyl sites for hydroxylation is 2. The van der Waals surface area contributed by atoms with Gasteiger partial charge in [0.1, 0.15) is 28.6 Å². The van der Waals surface area contributed by atoms with Crippen LogP contribution in [0.2, 0.25) is 0 Å². The molecule has 172 valence electrons. The van der Waals surface area contributed by atoms with Crippen LogP contribution in [0.25, 0.3) is 28.1 Å². The smallest absolute Gasteiger partial charge is 0.240 e. The maximum absolute atomic E-state index is 5.67. The van der Waals surface area contributed by atoms with E-state index >= 15 is 0 Å². The van der Waals surface area contributed by atoms with Crippen LogP contribution >= 0.6 is 0 Å². The molecule has 3 heterocycles. The van der Waals surface area contributed by atoms with E-state index < -0.39 is 0 Å². The molecule has 1 N–H and O–H groups in total. The molecule has 8 heteroatoms. The molecule has 2 aromatic carbocycles. The van der Waals surface area contributed by atoms with Gasteiger partial charge in [-0.15, -0.1) is 0 Å². The lowest BCUT2D eigenvalue weighted by Crippen LogP contribution is -2.01. The fourth-order valence-corrected chi connectivity index (χ4v) is 4.01. The fraction of sp³-hybridized carbons (Fsp3) is 0.192. The topological polar surface area (TPSA) is 79.0 Å². The lowest BCUT2D eigenvalue weighted by Gasteiger charge is -2.11. The van der Waals surface area contributed by atoms with Gasteiger partial charge in [0, 0.05) is 18.8 Å². The van der Waals surface area contributed by atoms with E-state index in [1.54, 1.807) is 13.4 Å². The molecule has 0 bridgehead atoms. The SMILES string of the molecule is CCOc1cccc(-c2nc3c(Nc4ccc(-n5cnc(C)c5)c(OC)n4)cccc3n2C)c1. The van der Waals surface area contributed by atoms with E-state index in [-0.39, 0.29) is 0 Å². The molecule has 0 saturated heterocycles. The third kappa shape index (κ3) is 3.94. The highest BCUT2D eigenvalue weighted by molar-refractivity contribution is 5.92. The summed E-state index contributed by atoms with van der Waals surface area (Å²) >= 11 is 0. The average Bonchev–Trinajstić information content (AvgIpc) is 3.43. The summed E-state index contributed by atoms with van der Waals surface area (Å²) in [5.74, 6) is 2.86. The van der Waals surface area contributed by atoms with Gasteiger partial charge in [0.15, 0.2) is 0 Å². The third-order valence-corrected chi connectivity index (χ3v) is 5.60. The largest absolute Gasteiger partial charge is 0.494 e. The zero-order valence-corrected chi connectivity index (χ0v) is 19.6. The van der Waals surface area contributed by atoms with Crippen LogP contribution < -0.4 is 14.8 Å². The summed E-state index contributed by atoms with van der Waals surface area (Å²) in [6.45, 7) is 4.54. The first-order chi connectivity index (χ1) is 16.6. The molecule has 3 aromatic heterocycles. The van der Waals surface area contributed by atoms with E-state index in [1.807, 2.05) is 80.2 Å². The maximum Gasteiger partial charge on any atom is 0.240 e. The summed E-state index contributed by atoms with van der Waals surface area (Å²) in [7, 11) is 3.63. The maximum atomic E-state index is 5.67. The predicted octanol–water partition coefficient (Wildman–Crippen LogP) is 5.28. The number of nitrogens with zero attached hydrogens (tertiary/aromatic N) is 5. The Labute approximate surface area is 197 Å². The van der Waals surface area contributed by atoms with Crippen LogP contribution in [0.4, 0.5) is 11.5 Å². The quantitative estimate of drug-likeness (QED) is 0.360. The van der Waals surface area contributed by atoms with Gasteiger partial charge in [0.2, 0.25) is 5.88 Å². The van der Waals surface area contributed by atoms with Gasteiger partial charge >= 0.3 is 0 Å². The molecular weight excluding hydrogens is 428 g/mol. The zero-order valence-electron chi connectivity index (χ0n) is 19.6. The van der Waals surface area contributed by atoms with Crippen molar-refractivity contribution in [3.8, 4) is 28.7 Å². The first kappa shape index (κ1) is 21.5. The lowest BCUT2D eigenvalue weighted by atomic mass is 10.2. The molecule has 34 heavy (non-hydrogen) atoms. The number of para-hydroxylation sites is 1. The van der Waals surface area contributed by atoms with Crippen molar-refractivity contribution >= 4 is 22.5 Å². The number of aromatic nitrogens is 5. The van der Waals surface area contributed by atoms with Gasteiger partial charge in [-0.05, 0) is 50.2 Å². The summed E-state index contributed by atoms with van der Waals surface area (Å²) in [5.41, 5.74) is 5.47. The molecule has 5 rings (SSSR count). The number of fused-ring (bicyclic) bond motifs is 1. The van der Waals surface area contributed by atoms with Gasteiger partial charge in [-0.3, -0.25) is 0 Å². The second-order valence-electron chi connectivity index (χ2n) is 7.90. The number of nitrogens with one attached hydrogen (secondary N) is 1. The summed E-state index contributed by atoms with van der Waals surface area (Å²) in [4.78, 5) is 13.9. The monoisotopic (exact) mass is 454 g/mol. The standard InChI is InChI=1S/C26H26N6O2/c1-5-34-19-9-6-8-18(14-19)25-30-24-20(10-7-11-21(24)31(25)3)28-23-13-12-22(26(29-23)33-4)32-15-17(2)27-16-32/h6-16H,5H2,1-4H3,(H,28,29). The summed E-state index contributed by atoms with van der Waals surface area (Å²) in [6.07, 6.45) is 3.68. The van der Waals surface area contributed by atoms with Gasteiger partial charge in [-0.25, -0.2) is 9.97 Å². The number of methoxy groups -OCH3 is 1. The highest BCUT2D eigenvalue weighted by atomic mass is 16.5. The summed E-state index contributed by atoms with van der Waals surface area (Å²) < 4.78 is 15.2. The van der Waals surface area contributed by atoms with Crippen LogP contribution in [-0.2, 0) is 7.05 Å². The molecular formula is C26H26N6O2. The molecule has 0 aliphatic rings. The fourth-order valence-electron chi connectivity index (χ4n) is 4.01. The van der Waals surface area contributed by atoms with Gasteiger partial charge in [0.25, 0.3) is 0 Å². The van der Waals surface area contributed by atoms with Crippen molar-refractivity contribution in [1.82, 2.24) is 24.1 Å². The second-order valence-corrected chi connectivity index (χ2v) is 7.90. The molecule has 0 fully saturated rings.